The third-order valence-electron chi connectivity index (χ3n) is 5.84. The smallest absolute Gasteiger partial charge is 0.295 e. The number of halogens is 2. The fraction of sp³-hybridized carbons (Fsp3) is 0.115. The Hall–Kier alpha value is -3.41. The number of carbonyl (C=O) groups is 2. The average molecular weight is 478 g/mol. The Morgan fingerprint density at radius 2 is 1.67 bits per heavy atom. The zero-order chi connectivity index (χ0) is 23.4. The summed E-state index contributed by atoms with van der Waals surface area (Å²) in [6.07, 6.45) is 0. The molecule has 4 aromatic rings. The van der Waals surface area contributed by atoms with Gasteiger partial charge in [-0.1, -0.05) is 40.9 Å². The van der Waals surface area contributed by atoms with Crippen LogP contribution in [0.4, 0.5) is 5.69 Å². The van der Waals surface area contributed by atoms with Crippen LogP contribution in [0.15, 0.2) is 69.9 Å². The van der Waals surface area contributed by atoms with Crippen LogP contribution in [-0.4, -0.2) is 11.7 Å². The van der Waals surface area contributed by atoms with Gasteiger partial charge in [-0.2, -0.15) is 0 Å². The first-order chi connectivity index (χ1) is 15.8. The van der Waals surface area contributed by atoms with Gasteiger partial charge in [0.05, 0.1) is 27.0 Å². The van der Waals surface area contributed by atoms with Crippen LogP contribution in [0, 0.1) is 6.92 Å². The number of nitrogens with zero attached hydrogens (tertiary/aromatic N) is 1. The molecule has 2 heterocycles. The molecule has 0 saturated heterocycles. The molecule has 33 heavy (non-hydrogen) atoms. The van der Waals surface area contributed by atoms with Crippen molar-refractivity contribution in [2.75, 3.05) is 4.90 Å². The van der Waals surface area contributed by atoms with E-state index in [9.17, 15) is 14.4 Å². The van der Waals surface area contributed by atoms with E-state index in [1.165, 1.54) is 11.8 Å². The zero-order valence-corrected chi connectivity index (χ0v) is 19.2. The standard InChI is InChI=1S/C26H17Cl2NO4/c1-13-3-10-21-18(11-13)24(31)22-23(16-6-9-19(27)20(28)12-16)29(26(32)25(22)33-21)17-7-4-15(5-8-17)14(2)30/h3-12,23H,1-2H3. The molecule has 3 aromatic carbocycles. The molecule has 0 saturated carbocycles. The summed E-state index contributed by atoms with van der Waals surface area (Å²) >= 11 is 12.4. The van der Waals surface area contributed by atoms with Crippen molar-refractivity contribution in [2.24, 2.45) is 0 Å². The highest BCUT2D eigenvalue weighted by atomic mass is 35.5. The van der Waals surface area contributed by atoms with Crippen LogP contribution in [0.5, 0.6) is 0 Å². The molecule has 5 rings (SSSR count). The van der Waals surface area contributed by atoms with Crippen molar-refractivity contribution < 1.29 is 14.0 Å². The first kappa shape index (κ1) is 21.4. The Balaban J connectivity index is 1.79. The highest BCUT2D eigenvalue weighted by Gasteiger charge is 2.43. The third kappa shape index (κ3) is 3.45. The molecule has 0 radical (unpaired) electrons. The number of hydrogen-bond donors (Lipinski definition) is 0. The van der Waals surface area contributed by atoms with Crippen LogP contribution in [0.1, 0.15) is 50.6 Å². The van der Waals surface area contributed by atoms with Gasteiger partial charge in [0.1, 0.15) is 5.58 Å². The molecule has 1 unspecified atom stereocenters. The van der Waals surface area contributed by atoms with Gasteiger partial charge in [0.15, 0.2) is 11.2 Å². The van der Waals surface area contributed by atoms with Crippen molar-refractivity contribution in [1.29, 1.82) is 0 Å². The molecule has 0 fully saturated rings. The molecule has 1 atom stereocenters. The maximum absolute atomic E-state index is 13.6. The van der Waals surface area contributed by atoms with Crippen LogP contribution in [0.2, 0.25) is 10.0 Å². The number of aryl methyl sites for hydroxylation is 1. The molecule has 1 aliphatic rings. The molecule has 0 N–H and O–H groups in total. The van der Waals surface area contributed by atoms with E-state index >= 15 is 0 Å². The second-order valence-corrected chi connectivity index (χ2v) is 8.84. The lowest BCUT2D eigenvalue weighted by atomic mass is 9.97. The molecule has 1 amide bonds. The lowest BCUT2D eigenvalue weighted by molar-refractivity contribution is 0.0970. The van der Waals surface area contributed by atoms with Gasteiger partial charge in [-0.3, -0.25) is 19.3 Å². The summed E-state index contributed by atoms with van der Waals surface area (Å²) in [5.74, 6) is -0.545. The monoisotopic (exact) mass is 477 g/mol. The topological polar surface area (TPSA) is 67.6 Å². The van der Waals surface area contributed by atoms with E-state index in [4.69, 9.17) is 27.6 Å². The Morgan fingerprint density at radius 1 is 0.939 bits per heavy atom. The molecule has 164 valence electrons. The van der Waals surface area contributed by atoms with Crippen LogP contribution in [0.3, 0.4) is 0 Å². The van der Waals surface area contributed by atoms with Gasteiger partial charge in [0.2, 0.25) is 5.76 Å². The Kier molecular flexibility index (Phi) is 5.11. The number of Topliss-reactive ketones (excluding diaryl/α,β-unsaturated/α-hetero) is 1. The number of benzene rings is 3. The van der Waals surface area contributed by atoms with Gasteiger partial charge in [-0.05, 0) is 67.9 Å². The summed E-state index contributed by atoms with van der Waals surface area (Å²) in [6, 6.07) is 16.2. The zero-order valence-electron chi connectivity index (χ0n) is 17.7. The lowest BCUT2D eigenvalue weighted by Crippen LogP contribution is -2.29. The summed E-state index contributed by atoms with van der Waals surface area (Å²) in [7, 11) is 0. The van der Waals surface area contributed by atoms with Gasteiger partial charge >= 0.3 is 0 Å². The van der Waals surface area contributed by atoms with Crippen molar-refractivity contribution in [1.82, 2.24) is 0 Å². The number of anilines is 1. The molecule has 0 bridgehead atoms. The van der Waals surface area contributed by atoms with Crippen molar-refractivity contribution in [3.8, 4) is 0 Å². The number of hydrogen-bond acceptors (Lipinski definition) is 4. The van der Waals surface area contributed by atoms with Crippen LogP contribution in [0.25, 0.3) is 11.0 Å². The van der Waals surface area contributed by atoms with Crippen LogP contribution >= 0.6 is 23.2 Å². The average Bonchev–Trinajstić information content (AvgIpc) is 3.09. The molecule has 1 aliphatic heterocycles. The lowest BCUT2D eigenvalue weighted by Gasteiger charge is -2.25. The fourth-order valence-corrected chi connectivity index (χ4v) is 4.51. The van der Waals surface area contributed by atoms with E-state index < -0.39 is 11.9 Å². The maximum atomic E-state index is 13.6. The number of fused-ring (bicyclic) bond motifs is 2. The predicted octanol–water partition coefficient (Wildman–Crippen LogP) is 6.36. The first-order valence-corrected chi connectivity index (χ1v) is 11.0. The van der Waals surface area contributed by atoms with E-state index in [1.54, 1.807) is 54.6 Å². The summed E-state index contributed by atoms with van der Waals surface area (Å²) < 4.78 is 5.97. The first-order valence-electron chi connectivity index (χ1n) is 10.2. The van der Waals surface area contributed by atoms with Gasteiger partial charge < -0.3 is 4.42 Å². The van der Waals surface area contributed by atoms with Gasteiger partial charge in [-0.25, -0.2) is 0 Å². The van der Waals surface area contributed by atoms with E-state index in [1.807, 2.05) is 13.0 Å². The maximum Gasteiger partial charge on any atom is 0.295 e. The Labute approximate surface area is 199 Å². The summed E-state index contributed by atoms with van der Waals surface area (Å²) in [5, 5.41) is 1.08. The second kappa shape index (κ2) is 7.87. The molecule has 1 aromatic heterocycles. The normalized spacial score (nSPS) is 15.2. The fourth-order valence-electron chi connectivity index (χ4n) is 4.21. The van der Waals surface area contributed by atoms with E-state index in [0.717, 1.165) is 5.56 Å². The van der Waals surface area contributed by atoms with Crippen LogP contribution in [-0.2, 0) is 0 Å². The minimum absolute atomic E-state index is 0.0110. The highest BCUT2D eigenvalue weighted by molar-refractivity contribution is 6.42. The summed E-state index contributed by atoms with van der Waals surface area (Å²) in [5.41, 5.74) is 2.87. The minimum atomic E-state index is -0.772. The van der Waals surface area contributed by atoms with Gasteiger partial charge in [0, 0.05) is 11.3 Å². The number of carbonyl (C=O) groups excluding carboxylic acids is 2. The van der Waals surface area contributed by atoms with E-state index in [2.05, 4.69) is 0 Å². The molecule has 5 nitrogen and oxygen atoms in total. The van der Waals surface area contributed by atoms with E-state index in [0.29, 0.717) is 37.8 Å². The van der Waals surface area contributed by atoms with Crippen LogP contribution < -0.4 is 10.3 Å². The van der Waals surface area contributed by atoms with Crippen molar-refractivity contribution >= 4 is 51.5 Å². The SMILES string of the molecule is CC(=O)c1ccc(N2C(=O)c3oc4ccc(C)cc4c(=O)c3C2c2ccc(Cl)c(Cl)c2)cc1. The Morgan fingerprint density at radius 3 is 2.33 bits per heavy atom. The predicted molar refractivity (Wildman–Crippen MR) is 129 cm³/mol. The molecule has 7 heteroatoms. The molecular formula is C26H17Cl2NO4. The van der Waals surface area contributed by atoms with Gasteiger partial charge in [-0.15, -0.1) is 0 Å². The van der Waals surface area contributed by atoms with Gasteiger partial charge in [0.25, 0.3) is 5.91 Å². The van der Waals surface area contributed by atoms with E-state index in [-0.39, 0.29) is 22.5 Å². The third-order valence-corrected chi connectivity index (χ3v) is 6.58. The minimum Gasteiger partial charge on any atom is -0.450 e. The number of rotatable bonds is 3. The highest BCUT2D eigenvalue weighted by Crippen LogP contribution is 2.42. The largest absolute Gasteiger partial charge is 0.450 e. The summed E-state index contributed by atoms with van der Waals surface area (Å²) in [4.78, 5) is 40.4. The van der Waals surface area contributed by atoms with Crippen molar-refractivity contribution in [2.45, 2.75) is 19.9 Å². The molecular weight excluding hydrogens is 461 g/mol. The Bertz CT molecular complexity index is 1520. The summed E-state index contributed by atoms with van der Waals surface area (Å²) in [6.45, 7) is 3.36. The second-order valence-electron chi connectivity index (χ2n) is 8.03. The molecule has 0 aliphatic carbocycles. The number of ketones is 1. The van der Waals surface area contributed by atoms with Crippen molar-refractivity contribution in [3.05, 3.63) is 109 Å². The molecule has 0 spiro atoms. The van der Waals surface area contributed by atoms with Crippen molar-refractivity contribution in [3.63, 3.8) is 0 Å². The number of amides is 1. The quantitative estimate of drug-likeness (QED) is 0.322.